The maximum atomic E-state index is 11.2. The highest BCUT2D eigenvalue weighted by Crippen LogP contribution is 2.22. The summed E-state index contributed by atoms with van der Waals surface area (Å²) in [5.74, 6) is 0. The number of nitrogens with one attached hydrogen (secondary N) is 1. The fourth-order valence-electron chi connectivity index (χ4n) is 1.70. The molecule has 84 valence electrons. The molecule has 4 nitrogen and oxygen atoms in total. The van der Waals surface area contributed by atoms with Crippen molar-refractivity contribution in [1.82, 2.24) is 14.6 Å². The SMILES string of the molecule is O=c1ccn2nc(-c3cccc(Br)c3)cc2[nH]1. The van der Waals surface area contributed by atoms with E-state index in [0.717, 1.165) is 15.7 Å². The van der Waals surface area contributed by atoms with Gasteiger partial charge in [0.25, 0.3) is 5.56 Å². The number of nitrogens with zero attached hydrogens (tertiary/aromatic N) is 2. The van der Waals surface area contributed by atoms with Gasteiger partial charge in [-0.05, 0) is 12.1 Å². The van der Waals surface area contributed by atoms with Crippen molar-refractivity contribution >= 4 is 21.6 Å². The third-order valence-electron chi connectivity index (χ3n) is 2.47. The third-order valence-corrected chi connectivity index (χ3v) is 2.97. The Kier molecular flexibility index (Phi) is 2.33. The van der Waals surface area contributed by atoms with Crippen LogP contribution >= 0.6 is 15.9 Å². The molecule has 3 aromatic rings. The molecule has 17 heavy (non-hydrogen) atoms. The molecule has 0 aliphatic carbocycles. The number of rotatable bonds is 1. The van der Waals surface area contributed by atoms with Crippen LogP contribution in [-0.2, 0) is 0 Å². The molecular weight excluding hydrogens is 282 g/mol. The Morgan fingerprint density at radius 3 is 2.94 bits per heavy atom. The van der Waals surface area contributed by atoms with Crippen molar-refractivity contribution in [2.75, 3.05) is 0 Å². The number of aromatic amines is 1. The van der Waals surface area contributed by atoms with E-state index < -0.39 is 0 Å². The molecule has 0 atom stereocenters. The van der Waals surface area contributed by atoms with Crippen LogP contribution < -0.4 is 5.56 Å². The molecule has 3 rings (SSSR count). The Hall–Kier alpha value is -1.88. The molecule has 0 aliphatic rings. The lowest BCUT2D eigenvalue weighted by atomic mass is 10.2. The van der Waals surface area contributed by atoms with E-state index in [4.69, 9.17) is 0 Å². The summed E-state index contributed by atoms with van der Waals surface area (Å²) in [4.78, 5) is 13.9. The topological polar surface area (TPSA) is 50.2 Å². The first-order chi connectivity index (χ1) is 8.22. The first kappa shape index (κ1) is 10.3. The van der Waals surface area contributed by atoms with Crippen molar-refractivity contribution in [3.63, 3.8) is 0 Å². The molecule has 0 fully saturated rings. The summed E-state index contributed by atoms with van der Waals surface area (Å²) in [7, 11) is 0. The molecule has 0 bridgehead atoms. The summed E-state index contributed by atoms with van der Waals surface area (Å²) < 4.78 is 2.65. The summed E-state index contributed by atoms with van der Waals surface area (Å²) >= 11 is 3.42. The smallest absolute Gasteiger partial charge is 0.251 e. The van der Waals surface area contributed by atoms with Crippen molar-refractivity contribution in [2.45, 2.75) is 0 Å². The lowest BCUT2D eigenvalue weighted by molar-refractivity contribution is 0.934. The van der Waals surface area contributed by atoms with Crippen LogP contribution in [0.3, 0.4) is 0 Å². The monoisotopic (exact) mass is 289 g/mol. The molecule has 0 amide bonds. The predicted octanol–water partition coefficient (Wildman–Crippen LogP) is 2.45. The number of halogens is 1. The van der Waals surface area contributed by atoms with E-state index >= 15 is 0 Å². The van der Waals surface area contributed by atoms with E-state index in [0.29, 0.717) is 5.65 Å². The number of hydrogen-bond donors (Lipinski definition) is 1. The van der Waals surface area contributed by atoms with E-state index in [1.54, 1.807) is 10.7 Å². The molecule has 0 saturated heterocycles. The molecular formula is C12H8BrN3O. The van der Waals surface area contributed by atoms with E-state index in [1.807, 2.05) is 30.3 Å². The van der Waals surface area contributed by atoms with E-state index in [1.165, 1.54) is 6.07 Å². The van der Waals surface area contributed by atoms with Gasteiger partial charge in [-0.2, -0.15) is 5.10 Å². The molecule has 0 saturated carbocycles. The Bertz CT molecular complexity index is 745. The molecule has 2 heterocycles. The second kappa shape index (κ2) is 3.85. The molecule has 1 aromatic carbocycles. The van der Waals surface area contributed by atoms with Gasteiger partial charge in [-0.25, -0.2) is 4.52 Å². The second-order valence-electron chi connectivity index (χ2n) is 3.67. The summed E-state index contributed by atoms with van der Waals surface area (Å²) in [6.45, 7) is 0. The van der Waals surface area contributed by atoms with Gasteiger partial charge < -0.3 is 4.98 Å². The van der Waals surface area contributed by atoms with Crippen LogP contribution in [0, 0.1) is 0 Å². The highest BCUT2D eigenvalue weighted by atomic mass is 79.9. The predicted molar refractivity (Wildman–Crippen MR) is 68.9 cm³/mol. The minimum absolute atomic E-state index is 0.127. The largest absolute Gasteiger partial charge is 0.307 e. The van der Waals surface area contributed by atoms with E-state index in [9.17, 15) is 4.79 Å². The number of benzene rings is 1. The zero-order valence-corrected chi connectivity index (χ0v) is 10.3. The van der Waals surface area contributed by atoms with Crippen LogP contribution in [0.5, 0.6) is 0 Å². The molecule has 5 heteroatoms. The molecule has 0 unspecified atom stereocenters. The van der Waals surface area contributed by atoms with Crippen molar-refractivity contribution in [3.8, 4) is 11.3 Å². The number of fused-ring (bicyclic) bond motifs is 1. The van der Waals surface area contributed by atoms with Gasteiger partial charge in [0, 0.05) is 28.4 Å². The van der Waals surface area contributed by atoms with Crippen LogP contribution in [0.1, 0.15) is 0 Å². The summed E-state index contributed by atoms with van der Waals surface area (Å²) in [5.41, 5.74) is 2.39. The fraction of sp³-hybridized carbons (Fsp3) is 0. The first-order valence-electron chi connectivity index (χ1n) is 5.07. The molecule has 1 N–H and O–H groups in total. The van der Waals surface area contributed by atoms with Gasteiger partial charge in [-0.1, -0.05) is 28.1 Å². The Balaban J connectivity index is 2.21. The minimum atomic E-state index is -0.127. The zero-order valence-electron chi connectivity index (χ0n) is 8.72. The van der Waals surface area contributed by atoms with Gasteiger partial charge in [0.1, 0.15) is 5.65 Å². The summed E-state index contributed by atoms with van der Waals surface area (Å²) in [6.07, 6.45) is 1.65. The van der Waals surface area contributed by atoms with Gasteiger partial charge >= 0.3 is 0 Å². The quantitative estimate of drug-likeness (QED) is 0.748. The standard InChI is InChI=1S/C12H8BrN3O/c13-9-3-1-2-8(6-9)10-7-11-14-12(17)4-5-16(11)15-10/h1-7H,(H,14,17). The van der Waals surface area contributed by atoms with Crippen molar-refractivity contribution in [1.29, 1.82) is 0 Å². The third kappa shape index (κ3) is 1.89. The van der Waals surface area contributed by atoms with Gasteiger partial charge in [0.15, 0.2) is 0 Å². The highest BCUT2D eigenvalue weighted by molar-refractivity contribution is 9.10. The van der Waals surface area contributed by atoms with Gasteiger partial charge in [0.05, 0.1) is 5.69 Å². The highest BCUT2D eigenvalue weighted by Gasteiger charge is 2.04. The van der Waals surface area contributed by atoms with Crippen LogP contribution in [-0.4, -0.2) is 14.6 Å². The summed E-state index contributed by atoms with van der Waals surface area (Å²) in [5, 5.41) is 4.39. The van der Waals surface area contributed by atoms with Crippen LogP contribution in [0.4, 0.5) is 0 Å². The Morgan fingerprint density at radius 2 is 2.12 bits per heavy atom. The van der Waals surface area contributed by atoms with E-state index in [2.05, 4.69) is 26.0 Å². The van der Waals surface area contributed by atoms with Crippen LogP contribution in [0.2, 0.25) is 0 Å². The van der Waals surface area contributed by atoms with Crippen molar-refractivity contribution in [2.24, 2.45) is 0 Å². The number of aromatic nitrogens is 3. The van der Waals surface area contributed by atoms with Crippen molar-refractivity contribution < 1.29 is 0 Å². The Morgan fingerprint density at radius 1 is 1.24 bits per heavy atom. The minimum Gasteiger partial charge on any atom is -0.307 e. The van der Waals surface area contributed by atoms with Gasteiger partial charge in [-0.3, -0.25) is 4.79 Å². The summed E-state index contributed by atoms with van der Waals surface area (Å²) in [6, 6.07) is 11.2. The number of hydrogen-bond acceptors (Lipinski definition) is 2. The zero-order chi connectivity index (χ0) is 11.8. The van der Waals surface area contributed by atoms with Gasteiger partial charge in [0.2, 0.25) is 0 Å². The molecule has 0 aliphatic heterocycles. The first-order valence-corrected chi connectivity index (χ1v) is 5.86. The average molecular weight is 290 g/mol. The van der Waals surface area contributed by atoms with Crippen molar-refractivity contribution in [3.05, 3.63) is 57.4 Å². The number of H-pyrrole nitrogens is 1. The lowest BCUT2D eigenvalue weighted by Gasteiger charge is -1.95. The maximum Gasteiger partial charge on any atom is 0.251 e. The lowest BCUT2D eigenvalue weighted by Crippen LogP contribution is -2.05. The average Bonchev–Trinajstić information content (AvgIpc) is 2.72. The Labute approximate surface area is 105 Å². The molecule has 2 aromatic heterocycles. The van der Waals surface area contributed by atoms with Gasteiger partial charge in [-0.15, -0.1) is 0 Å². The molecule has 0 spiro atoms. The fourth-order valence-corrected chi connectivity index (χ4v) is 2.10. The van der Waals surface area contributed by atoms with Crippen LogP contribution in [0.25, 0.3) is 16.9 Å². The second-order valence-corrected chi connectivity index (χ2v) is 4.59. The maximum absolute atomic E-state index is 11.2. The normalized spacial score (nSPS) is 10.9. The molecule has 0 radical (unpaired) electrons. The van der Waals surface area contributed by atoms with E-state index in [-0.39, 0.29) is 5.56 Å². The van der Waals surface area contributed by atoms with Crippen LogP contribution in [0.15, 0.2) is 51.9 Å².